The maximum atomic E-state index is 11.7. The second-order valence-electron chi connectivity index (χ2n) is 3.75. The highest BCUT2D eigenvalue weighted by Gasteiger charge is 2.25. The van der Waals surface area contributed by atoms with Gasteiger partial charge in [-0.1, -0.05) is 0 Å². The molecule has 94 valence electrons. The molecule has 16 heavy (non-hydrogen) atoms. The quantitative estimate of drug-likeness (QED) is 0.700. The number of carbonyl (C=O) groups is 1. The Morgan fingerprint density at radius 1 is 1.62 bits per heavy atom. The number of nitrogens with one attached hydrogen (secondary N) is 1. The molecule has 0 bridgehead atoms. The fourth-order valence-corrected chi connectivity index (χ4v) is 1.54. The number of rotatable bonds is 6. The third-order valence-electron chi connectivity index (χ3n) is 2.44. The Labute approximate surface area is 93.3 Å². The van der Waals surface area contributed by atoms with E-state index in [4.69, 9.17) is 4.74 Å². The fraction of sp³-hybridized carbons (Fsp3) is 0.900. The van der Waals surface area contributed by atoms with Crippen molar-refractivity contribution in [2.75, 3.05) is 19.8 Å². The summed E-state index contributed by atoms with van der Waals surface area (Å²) in [6.45, 7) is 1.95. The molecule has 0 radical (unpaired) electrons. The number of alkyl halides is 2. The van der Waals surface area contributed by atoms with Crippen LogP contribution >= 0.6 is 0 Å². The maximum absolute atomic E-state index is 11.7. The van der Waals surface area contributed by atoms with E-state index < -0.39 is 13.0 Å². The summed E-state index contributed by atoms with van der Waals surface area (Å²) in [4.78, 5) is 11.4. The molecule has 4 nitrogen and oxygen atoms in total. The molecule has 6 heteroatoms. The van der Waals surface area contributed by atoms with Crippen molar-refractivity contribution in [1.82, 2.24) is 5.32 Å². The van der Waals surface area contributed by atoms with E-state index in [1.807, 2.05) is 6.92 Å². The third-order valence-corrected chi connectivity index (χ3v) is 2.44. The summed E-state index contributed by atoms with van der Waals surface area (Å²) in [5.74, 6) is -0.184. The highest BCUT2D eigenvalue weighted by molar-refractivity contribution is 5.76. The van der Waals surface area contributed by atoms with E-state index >= 15 is 0 Å². The van der Waals surface area contributed by atoms with Crippen LogP contribution in [0, 0.1) is 0 Å². The van der Waals surface area contributed by atoms with Crippen LogP contribution < -0.4 is 5.32 Å². The topological polar surface area (TPSA) is 47.6 Å². The minimum absolute atomic E-state index is 0.0194. The molecule has 0 spiro atoms. The molecule has 1 N–H and O–H groups in total. The number of carbonyl (C=O) groups excluding carboxylic acids is 1. The summed E-state index contributed by atoms with van der Waals surface area (Å²) in [6.07, 6.45) is -1.56. The minimum Gasteiger partial charge on any atom is -0.376 e. The van der Waals surface area contributed by atoms with Crippen LogP contribution in [0.3, 0.4) is 0 Å². The van der Waals surface area contributed by atoms with E-state index in [1.54, 1.807) is 0 Å². The van der Waals surface area contributed by atoms with Gasteiger partial charge in [0.15, 0.2) is 0 Å². The van der Waals surface area contributed by atoms with Crippen molar-refractivity contribution >= 4 is 5.91 Å². The zero-order valence-corrected chi connectivity index (χ0v) is 9.25. The SMILES string of the molecule is C[C@@H]1OCC[C@H]1NC(=O)CCOCC(F)F. The average Bonchev–Trinajstić information content (AvgIpc) is 2.59. The van der Waals surface area contributed by atoms with Crippen LogP contribution in [0.4, 0.5) is 8.78 Å². The molecule has 1 rings (SSSR count). The van der Waals surface area contributed by atoms with E-state index in [-0.39, 0.29) is 31.1 Å². The van der Waals surface area contributed by atoms with Crippen LogP contribution in [0.2, 0.25) is 0 Å². The monoisotopic (exact) mass is 237 g/mol. The summed E-state index contributed by atoms with van der Waals surface area (Å²) in [7, 11) is 0. The zero-order valence-electron chi connectivity index (χ0n) is 9.25. The molecular formula is C10H17F2NO3. The Morgan fingerprint density at radius 2 is 2.38 bits per heavy atom. The van der Waals surface area contributed by atoms with Gasteiger partial charge in [0.25, 0.3) is 6.43 Å². The lowest BCUT2D eigenvalue weighted by molar-refractivity contribution is -0.123. The molecule has 0 aromatic heterocycles. The Morgan fingerprint density at radius 3 is 2.94 bits per heavy atom. The van der Waals surface area contributed by atoms with Gasteiger partial charge in [-0.05, 0) is 13.3 Å². The molecule has 0 saturated carbocycles. The molecule has 2 atom stereocenters. The van der Waals surface area contributed by atoms with Gasteiger partial charge in [-0.15, -0.1) is 0 Å². The summed E-state index contributed by atoms with van der Waals surface area (Å²) in [5.41, 5.74) is 0. The molecule has 0 aromatic rings. The summed E-state index contributed by atoms with van der Waals surface area (Å²) >= 11 is 0. The van der Waals surface area contributed by atoms with Gasteiger partial charge >= 0.3 is 0 Å². The number of ether oxygens (including phenoxy) is 2. The first-order valence-corrected chi connectivity index (χ1v) is 5.36. The molecule has 1 saturated heterocycles. The van der Waals surface area contributed by atoms with Gasteiger partial charge in [0.2, 0.25) is 5.91 Å². The van der Waals surface area contributed by atoms with E-state index in [0.717, 1.165) is 6.42 Å². The first kappa shape index (κ1) is 13.3. The van der Waals surface area contributed by atoms with Crippen LogP contribution in [0.5, 0.6) is 0 Å². The van der Waals surface area contributed by atoms with Crippen molar-refractivity contribution in [2.24, 2.45) is 0 Å². The molecule has 1 amide bonds. The molecular weight excluding hydrogens is 220 g/mol. The Bertz CT molecular complexity index is 226. The first-order chi connectivity index (χ1) is 7.59. The van der Waals surface area contributed by atoms with E-state index in [0.29, 0.717) is 6.61 Å². The minimum atomic E-state index is -2.48. The second kappa shape index (κ2) is 6.75. The molecule has 0 aromatic carbocycles. The predicted molar refractivity (Wildman–Crippen MR) is 53.4 cm³/mol. The van der Waals surface area contributed by atoms with Crippen LogP contribution in [-0.4, -0.2) is 44.3 Å². The lowest BCUT2D eigenvalue weighted by Crippen LogP contribution is -2.39. The van der Waals surface area contributed by atoms with Gasteiger partial charge in [0.1, 0.15) is 6.61 Å². The Kier molecular flexibility index (Phi) is 5.62. The summed E-state index contributed by atoms with van der Waals surface area (Å²) in [6, 6.07) is 0.0302. The van der Waals surface area contributed by atoms with Gasteiger partial charge in [0.05, 0.1) is 18.8 Å². The maximum Gasteiger partial charge on any atom is 0.261 e. The molecule has 0 aliphatic carbocycles. The first-order valence-electron chi connectivity index (χ1n) is 5.36. The van der Waals surface area contributed by atoms with E-state index in [2.05, 4.69) is 10.1 Å². The number of hydrogen-bond donors (Lipinski definition) is 1. The Balaban J connectivity index is 2.06. The van der Waals surface area contributed by atoms with Crippen LogP contribution in [-0.2, 0) is 14.3 Å². The normalized spacial score (nSPS) is 25.0. The largest absolute Gasteiger partial charge is 0.376 e. The van der Waals surface area contributed by atoms with Crippen molar-refractivity contribution < 1.29 is 23.0 Å². The molecule has 1 heterocycles. The van der Waals surface area contributed by atoms with Crippen molar-refractivity contribution in [2.45, 2.75) is 38.3 Å². The average molecular weight is 237 g/mol. The van der Waals surface area contributed by atoms with Crippen LogP contribution in [0.25, 0.3) is 0 Å². The summed E-state index contributed by atoms with van der Waals surface area (Å²) in [5, 5.41) is 2.79. The molecule has 1 aliphatic heterocycles. The smallest absolute Gasteiger partial charge is 0.261 e. The van der Waals surface area contributed by atoms with Gasteiger partial charge in [0, 0.05) is 13.0 Å². The highest BCUT2D eigenvalue weighted by Crippen LogP contribution is 2.12. The van der Waals surface area contributed by atoms with Gasteiger partial charge in [-0.2, -0.15) is 0 Å². The van der Waals surface area contributed by atoms with Crippen molar-refractivity contribution in [3.8, 4) is 0 Å². The van der Waals surface area contributed by atoms with Gasteiger partial charge in [-0.25, -0.2) is 8.78 Å². The van der Waals surface area contributed by atoms with E-state index in [1.165, 1.54) is 0 Å². The lowest BCUT2D eigenvalue weighted by Gasteiger charge is -2.15. The zero-order chi connectivity index (χ0) is 12.0. The van der Waals surface area contributed by atoms with E-state index in [9.17, 15) is 13.6 Å². The predicted octanol–water partition coefficient (Wildman–Crippen LogP) is 0.952. The molecule has 0 unspecified atom stereocenters. The van der Waals surface area contributed by atoms with Crippen molar-refractivity contribution in [3.05, 3.63) is 0 Å². The lowest BCUT2D eigenvalue weighted by atomic mass is 10.1. The Hall–Kier alpha value is -0.750. The van der Waals surface area contributed by atoms with Crippen molar-refractivity contribution in [3.63, 3.8) is 0 Å². The van der Waals surface area contributed by atoms with Gasteiger partial charge < -0.3 is 14.8 Å². The van der Waals surface area contributed by atoms with Gasteiger partial charge in [-0.3, -0.25) is 4.79 Å². The van der Waals surface area contributed by atoms with Crippen LogP contribution in [0.1, 0.15) is 19.8 Å². The fourth-order valence-electron chi connectivity index (χ4n) is 1.54. The molecule has 1 aliphatic rings. The van der Waals surface area contributed by atoms with Crippen molar-refractivity contribution in [1.29, 1.82) is 0 Å². The number of halogens is 2. The standard InChI is InChI=1S/C10H17F2NO3/c1-7-8(2-5-16-7)13-10(14)3-4-15-6-9(11)12/h7-9H,2-6H2,1H3,(H,13,14)/t7-,8+/m0/s1. The number of amides is 1. The highest BCUT2D eigenvalue weighted by atomic mass is 19.3. The van der Waals surface area contributed by atoms with Crippen LogP contribution in [0.15, 0.2) is 0 Å². The summed E-state index contributed by atoms with van der Waals surface area (Å²) < 4.78 is 33.3. The molecule has 1 fully saturated rings. The number of hydrogen-bond acceptors (Lipinski definition) is 3. The third kappa shape index (κ3) is 4.85. The second-order valence-corrected chi connectivity index (χ2v) is 3.75.